The van der Waals surface area contributed by atoms with Crippen LogP contribution in [0, 0.1) is 6.92 Å². The fraction of sp³-hybridized carbons (Fsp3) is 0.545. The van der Waals surface area contributed by atoms with Crippen molar-refractivity contribution in [3.05, 3.63) is 12.0 Å². The van der Waals surface area contributed by atoms with Gasteiger partial charge in [0.2, 0.25) is 0 Å². The van der Waals surface area contributed by atoms with E-state index in [-0.39, 0.29) is 0 Å². The number of nitrogens with zero attached hydrogens (tertiary/aromatic N) is 4. The molecule has 0 unspecified atom stereocenters. The Morgan fingerprint density at radius 1 is 1.31 bits per heavy atom. The molecule has 5 nitrogen and oxygen atoms in total. The highest BCUT2D eigenvalue weighted by Gasteiger charge is 2.22. The van der Waals surface area contributed by atoms with Gasteiger partial charge in [0.25, 0.3) is 0 Å². The van der Waals surface area contributed by atoms with Gasteiger partial charge in [-0.2, -0.15) is 5.10 Å². The number of aryl methyl sites for hydroxylation is 1. The second-order valence-corrected chi connectivity index (χ2v) is 4.43. The molecule has 1 aliphatic rings. The minimum Gasteiger partial charge on any atom is -0.383 e. The summed E-state index contributed by atoms with van der Waals surface area (Å²) in [6.07, 6.45) is 6.47. The van der Waals surface area contributed by atoms with Crippen molar-refractivity contribution in [3.8, 4) is 0 Å². The molecular formula is C11H15N5. The molecule has 1 aliphatic carbocycles. The largest absolute Gasteiger partial charge is 0.383 e. The number of hydrogen-bond acceptors (Lipinski definition) is 4. The summed E-state index contributed by atoms with van der Waals surface area (Å²) in [5, 5.41) is 5.48. The first-order valence-electron chi connectivity index (χ1n) is 5.72. The second kappa shape index (κ2) is 3.43. The van der Waals surface area contributed by atoms with Crippen LogP contribution in [0.2, 0.25) is 0 Å². The molecule has 2 N–H and O–H groups in total. The molecule has 0 aromatic carbocycles. The van der Waals surface area contributed by atoms with E-state index in [9.17, 15) is 0 Å². The molecule has 0 radical (unpaired) electrons. The Labute approximate surface area is 93.7 Å². The van der Waals surface area contributed by atoms with Gasteiger partial charge in [-0.05, 0) is 19.8 Å². The first-order chi connectivity index (χ1) is 7.77. The van der Waals surface area contributed by atoms with Gasteiger partial charge in [-0.1, -0.05) is 12.8 Å². The van der Waals surface area contributed by atoms with Crippen molar-refractivity contribution < 1.29 is 0 Å². The molecule has 0 spiro atoms. The van der Waals surface area contributed by atoms with E-state index in [4.69, 9.17) is 5.73 Å². The lowest BCUT2D eigenvalue weighted by Gasteiger charge is -2.09. The van der Waals surface area contributed by atoms with Crippen LogP contribution in [0.15, 0.2) is 6.33 Å². The maximum absolute atomic E-state index is 5.86. The predicted octanol–water partition coefficient (Wildman–Crippen LogP) is 1.83. The Hall–Kier alpha value is -1.65. The van der Waals surface area contributed by atoms with Gasteiger partial charge >= 0.3 is 0 Å². The number of rotatable bonds is 1. The van der Waals surface area contributed by atoms with E-state index < -0.39 is 0 Å². The number of nitrogens with two attached hydrogens (primary N) is 1. The van der Waals surface area contributed by atoms with Crippen LogP contribution < -0.4 is 5.73 Å². The highest BCUT2D eigenvalue weighted by molar-refractivity contribution is 5.87. The van der Waals surface area contributed by atoms with Crippen molar-refractivity contribution >= 4 is 16.9 Å². The summed E-state index contributed by atoms with van der Waals surface area (Å²) in [7, 11) is 0. The topological polar surface area (TPSA) is 69.6 Å². The van der Waals surface area contributed by atoms with Crippen LogP contribution in [0.4, 0.5) is 5.82 Å². The minimum absolute atomic E-state index is 0.491. The zero-order valence-corrected chi connectivity index (χ0v) is 9.35. The summed E-state index contributed by atoms with van der Waals surface area (Å²) < 4.78 is 2.04. The molecule has 0 saturated heterocycles. The summed E-state index contributed by atoms with van der Waals surface area (Å²) in [4.78, 5) is 8.34. The summed E-state index contributed by atoms with van der Waals surface area (Å²) in [6.45, 7) is 1.97. The molecule has 0 atom stereocenters. The van der Waals surface area contributed by atoms with Gasteiger partial charge in [0.1, 0.15) is 12.1 Å². The fourth-order valence-electron chi connectivity index (χ4n) is 2.57. The van der Waals surface area contributed by atoms with Crippen LogP contribution in [0.5, 0.6) is 0 Å². The van der Waals surface area contributed by atoms with E-state index >= 15 is 0 Å². The highest BCUT2D eigenvalue weighted by atomic mass is 15.3. The Morgan fingerprint density at radius 3 is 2.81 bits per heavy atom. The standard InChI is InChI=1S/C11H15N5/c1-7-9-10(12)13-6-14-11(9)16(15-7)8-4-2-3-5-8/h6,8H,2-5H2,1H3,(H2,12,13,14). The van der Waals surface area contributed by atoms with Crippen LogP contribution >= 0.6 is 0 Å². The van der Waals surface area contributed by atoms with Crippen LogP contribution in [0.25, 0.3) is 11.0 Å². The quantitative estimate of drug-likeness (QED) is 0.791. The van der Waals surface area contributed by atoms with Crippen LogP contribution in [0.1, 0.15) is 37.4 Å². The first kappa shape index (κ1) is 9.57. The van der Waals surface area contributed by atoms with Crippen molar-refractivity contribution in [2.45, 2.75) is 38.6 Å². The lowest BCUT2D eigenvalue weighted by molar-refractivity contribution is 0.476. The van der Waals surface area contributed by atoms with E-state index in [1.165, 1.54) is 32.0 Å². The molecule has 0 bridgehead atoms. The SMILES string of the molecule is Cc1nn(C2CCCC2)c2ncnc(N)c12. The average Bonchev–Trinajstić information content (AvgIpc) is 2.86. The van der Waals surface area contributed by atoms with E-state index in [1.807, 2.05) is 11.6 Å². The molecule has 2 aromatic rings. The zero-order valence-electron chi connectivity index (χ0n) is 9.35. The van der Waals surface area contributed by atoms with Gasteiger partial charge in [0.15, 0.2) is 5.65 Å². The molecule has 2 aromatic heterocycles. The normalized spacial score (nSPS) is 17.3. The summed E-state index contributed by atoms with van der Waals surface area (Å²) in [6, 6.07) is 0.491. The Bertz CT molecular complexity index is 524. The number of hydrogen-bond donors (Lipinski definition) is 1. The monoisotopic (exact) mass is 217 g/mol. The van der Waals surface area contributed by atoms with E-state index in [2.05, 4.69) is 15.1 Å². The smallest absolute Gasteiger partial charge is 0.163 e. The van der Waals surface area contributed by atoms with Gasteiger partial charge in [-0.15, -0.1) is 0 Å². The predicted molar refractivity (Wildman–Crippen MR) is 62.0 cm³/mol. The fourth-order valence-corrected chi connectivity index (χ4v) is 2.57. The molecule has 0 amide bonds. The maximum atomic E-state index is 5.86. The third-order valence-corrected chi connectivity index (χ3v) is 3.36. The maximum Gasteiger partial charge on any atom is 0.163 e. The number of anilines is 1. The average molecular weight is 217 g/mol. The van der Waals surface area contributed by atoms with Gasteiger partial charge in [-0.3, -0.25) is 0 Å². The van der Waals surface area contributed by atoms with Crippen LogP contribution in [0.3, 0.4) is 0 Å². The lowest BCUT2D eigenvalue weighted by Crippen LogP contribution is -2.07. The molecule has 2 heterocycles. The Balaban J connectivity index is 2.22. The van der Waals surface area contributed by atoms with Crippen molar-refractivity contribution in [2.75, 3.05) is 5.73 Å². The van der Waals surface area contributed by atoms with Crippen molar-refractivity contribution in [1.29, 1.82) is 0 Å². The first-order valence-corrected chi connectivity index (χ1v) is 5.72. The van der Waals surface area contributed by atoms with Gasteiger partial charge in [0, 0.05) is 0 Å². The van der Waals surface area contributed by atoms with Crippen LogP contribution in [-0.4, -0.2) is 19.7 Å². The number of nitrogen functional groups attached to an aromatic ring is 1. The molecule has 1 saturated carbocycles. The van der Waals surface area contributed by atoms with E-state index in [0.29, 0.717) is 11.9 Å². The van der Waals surface area contributed by atoms with E-state index in [0.717, 1.165) is 16.7 Å². The zero-order chi connectivity index (χ0) is 11.1. The van der Waals surface area contributed by atoms with Gasteiger partial charge in [0.05, 0.1) is 17.1 Å². The third kappa shape index (κ3) is 1.27. The molecule has 16 heavy (non-hydrogen) atoms. The minimum atomic E-state index is 0.491. The number of fused-ring (bicyclic) bond motifs is 1. The summed E-state index contributed by atoms with van der Waals surface area (Å²) in [5.74, 6) is 0.534. The number of aromatic nitrogens is 4. The van der Waals surface area contributed by atoms with Crippen LogP contribution in [-0.2, 0) is 0 Å². The third-order valence-electron chi connectivity index (χ3n) is 3.36. The van der Waals surface area contributed by atoms with Crippen molar-refractivity contribution in [2.24, 2.45) is 0 Å². The molecular weight excluding hydrogens is 202 g/mol. The summed E-state index contributed by atoms with van der Waals surface area (Å²) in [5.41, 5.74) is 7.68. The van der Waals surface area contributed by atoms with E-state index in [1.54, 1.807) is 0 Å². The molecule has 84 valence electrons. The van der Waals surface area contributed by atoms with Gasteiger partial charge in [-0.25, -0.2) is 14.6 Å². The Morgan fingerprint density at radius 2 is 2.06 bits per heavy atom. The van der Waals surface area contributed by atoms with Crippen molar-refractivity contribution in [3.63, 3.8) is 0 Å². The lowest BCUT2D eigenvalue weighted by atomic mass is 10.2. The highest BCUT2D eigenvalue weighted by Crippen LogP contribution is 2.32. The molecule has 1 fully saturated rings. The Kier molecular flexibility index (Phi) is 2.05. The van der Waals surface area contributed by atoms with Crippen molar-refractivity contribution in [1.82, 2.24) is 19.7 Å². The second-order valence-electron chi connectivity index (χ2n) is 4.43. The summed E-state index contributed by atoms with van der Waals surface area (Å²) >= 11 is 0. The van der Waals surface area contributed by atoms with Gasteiger partial charge < -0.3 is 5.73 Å². The molecule has 5 heteroatoms. The molecule has 0 aliphatic heterocycles. The molecule has 3 rings (SSSR count).